The quantitative estimate of drug-likeness (QED) is 0.230. The van der Waals surface area contributed by atoms with Crippen LogP contribution in [0.5, 0.6) is 5.88 Å². The maximum atomic E-state index is 5.91. The van der Waals surface area contributed by atoms with Crippen molar-refractivity contribution < 1.29 is 4.74 Å². The molecule has 0 radical (unpaired) electrons. The van der Waals surface area contributed by atoms with Crippen molar-refractivity contribution in [1.29, 1.82) is 0 Å². The minimum atomic E-state index is -0.605. The van der Waals surface area contributed by atoms with Crippen molar-refractivity contribution in [3.05, 3.63) is 145 Å². The third kappa shape index (κ3) is 3.91. The molecule has 4 nitrogen and oxygen atoms in total. The molecule has 0 amide bonds. The van der Waals surface area contributed by atoms with Crippen LogP contribution in [-0.4, -0.2) is 20.6 Å². The number of benzene rings is 3. The Hall–Kier alpha value is -4.44. The third-order valence-electron chi connectivity index (χ3n) is 6.72. The molecule has 3 aromatic carbocycles. The average Bonchev–Trinajstić information content (AvgIpc) is 3.63. The van der Waals surface area contributed by atoms with Crippen molar-refractivity contribution in [2.75, 3.05) is 0 Å². The fourth-order valence-corrected chi connectivity index (χ4v) is 4.88. The van der Waals surface area contributed by atoms with Crippen LogP contribution in [0.1, 0.15) is 35.2 Å². The lowest BCUT2D eigenvalue weighted by Crippen LogP contribution is -2.36. The van der Waals surface area contributed by atoms with Gasteiger partial charge in [-0.15, -0.1) is 0 Å². The first-order chi connectivity index (χ1) is 17.8. The van der Waals surface area contributed by atoms with E-state index in [4.69, 9.17) is 14.7 Å². The van der Waals surface area contributed by atoms with Gasteiger partial charge in [-0.05, 0) is 41.7 Å². The SMILES string of the molecule is C=Cc1nc(OC2CC2)ccc1-c1cn(C(c2ccccc2)(c2ccccc2)c2ccccc2)cn1. The van der Waals surface area contributed by atoms with Gasteiger partial charge in [-0.2, -0.15) is 0 Å². The molecule has 6 rings (SSSR count). The summed E-state index contributed by atoms with van der Waals surface area (Å²) < 4.78 is 8.12. The van der Waals surface area contributed by atoms with Crippen LogP contribution in [0.2, 0.25) is 0 Å². The standard InChI is InChI=1S/C32H27N3O/c1-2-29-28(20-21-31(34-29)36-27-18-19-27)30-22-35(23-33-30)32(24-12-6-3-7-13-24,25-14-8-4-9-15-25)26-16-10-5-11-17-26/h2-17,20-23,27H,1,18-19H2. The zero-order valence-corrected chi connectivity index (χ0v) is 20.0. The number of pyridine rings is 1. The molecule has 1 aliphatic rings. The lowest BCUT2D eigenvalue weighted by molar-refractivity contribution is 0.291. The summed E-state index contributed by atoms with van der Waals surface area (Å²) in [5.41, 5.74) is 5.39. The highest BCUT2D eigenvalue weighted by Crippen LogP contribution is 2.41. The predicted molar refractivity (Wildman–Crippen MR) is 144 cm³/mol. The molecule has 0 spiro atoms. The first-order valence-electron chi connectivity index (χ1n) is 12.3. The van der Waals surface area contributed by atoms with Gasteiger partial charge in [-0.1, -0.05) is 97.6 Å². The summed E-state index contributed by atoms with van der Waals surface area (Å²) in [5.74, 6) is 0.641. The maximum absolute atomic E-state index is 5.91. The number of aromatic nitrogens is 3. The van der Waals surface area contributed by atoms with Gasteiger partial charge in [0.1, 0.15) is 11.6 Å². The summed E-state index contributed by atoms with van der Waals surface area (Å²) in [5, 5.41) is 0. The number of ether oxygens (including phenoxy) is 1. The number of imidazole rings is 1. The molecular formula is C32H27N3O. The Morgan fingerprint density at radius 3 is 1.83 bits per heavy atom. The van der Waals surface area contributed by atoms with Crippen LogP contribution in [0.4, 0.5) is 0 Å². The van der Waals surface area contributed by atoms with Crippen molar-refractivity contribution in [3.8, 4) is 17.1 Å². The van der Waals surface area contributed by atoms with E-state index >= 15 is 0 Å². The maximum Gasteiger partial charge on any atom is 0.214 e. The van der Waals surface area contributed by atoms with E-state index in [2.05, 4.69) is 108 Å². The van der Waals surface area contributed by atoms with E-state index in [-0.39, 0.29) is 0 Å². The van der Waals surface area contributed by atoms with Gasteiger partial charge in [-0.3, -0.25) is 0 Å². The summed E-state index contributed by atoms with van der Waals surface area (Å²) in [6.45, 7) is 4.00. The molecule has 176 valence electrons. The molecule has 0 N–H and O–H groups in total. The van der Waals surface area contributed by atoms with Crippen LogP contribution in [0.3, 0.4) is 0 Å². The summed E-state index contributed by atoms with van der Waals surface area (Å²) in [7, 11) is 0. The van der Waals surface area contributed by atoms with Crippen LogP contribution in [-0.2, 0) is 5.54 Å². The first-order valence-corrected chi connectivity index (χ1v) is 12.3. The van der Waals surface area contributed by atoms with Gasteiger partial charge in [0.05, 0.1) is 17.7 Å². The minimum absolute atomic E-state index is 0.295. The molecule has 5 aromatic rings. The van der Waals surface area contributed by atoms with Crippen molar-refractivity contribution in [3.63, 3.8) is 0 Å². The molecule has 2 heterocycles. The number of hydrogen-bond acceptors (Lipinski definition) is 3. The van der Waals surface area contributed by atoms with Gasteiger partial charge in [0.25, 0.3) is 0 Å². The van der Waals surface area contributed by atoms with E-state index in [1.807, 2.05) is 18.5 Å². The smallest absolute Gasteiger partial charge is 0.214 e. The lowest BCUT2D eigenvalue weighted by Gasteiger charge is -2.37. The largest absolute Gasteiger partial charge is 0.474 e. The van der Waals surface area contributed by atoms with Gasteiger partial charge in [-0.25, -0.2) is 9.97 Å². The van der Waals surface area contributed by atoms with E-state index in [0.717, 1.165) is 46.5 Å². The van der Waals surface area contributed by atoms with Crippen LogP contribution >= 0.6 is 0 Å². The molecule has 4 heteroatoms. The zero-order chi connectivity index (χ0) is 24.4. The normalized spacial score (nSPS) is 13.3. The fraction of sp³-hybridized carbons (Fsp3) is 0.125. The molecule has 1 aliphatic carbocycles. The minimum Gasteiger partial charge on any atom is -0.474 e. The number of rotatable bonds is 8. The summed E-state index contributed by atoms with van der Waals surface area (Å²) in [6.07, 6.45) is 8.29. The van der Waals surface area contributed by atoms with Crippen molar-refractivity contribution in [1.82, 2.24) is 14.5 Å². The van der Waals surface area contributed by atoms with Crippen LogP contribution in [0.25, 0.3) is 17.3 Å². The van der Waals surface area contributed by atoms with E-state index in [1.165, 1.54) is 0 Å². The zero-order valence-electron chi connectivity index (χ0n) is 20.0. The highest BCUT2D eigenvalue weighted by atomic mass is 16.5. The highest BCUT2D eigenvalue weighted by Gasteiger charge is 2.38. The molecule has 36 heavy (non-hydrogen) atoms. The van der Waals surface area contributed by atoms with Gasteiger partial charge in [0.2, 0.25) is 5.88 Å². The number of nitrogens with zero attached hydrogens (tertiary/aromatic N) is 3. The Morgan fingerprint density at radius 2 is 1.33 bits per heavy atom. The van der Waals surface area contributed by atoms with Gasteiger partial charge in [0.15, 0.2) is 0 Å². The fourth-order valence-electron chi connectivity index (χ4n) is 4.88. The molecular weight excluding hydrogens is 442 g/mol. The van der Waals surface area contributed by atoms with Crippen molar-refractivity contribution in [2.24, 2.45) is 0 Å². The summed E-state index contributed by atoms with van der Waals surface area (Å²) in [4.78, 5) is 9.58. The van der Waals surface area contributed by atoms with Gasteiger partial charge < -0.3 is 9.30 Å². The Kier molecular flexibility index (Phi) is 5.70. The summed E-state index contributed by atoms with van der Waals surface area (Å²) >= 11 is 0. The molecule has 0 bridgehead atoms. The van der Waals surface area contributed by atoms with E-state index in [0.29, 0.717) is 12.0 Å². The van der Waals surface area contributed by atoms with Crippen molar-refractivity contribution in [2.45, 2.75) is 24.5 Å². The Labute approximate surface area is 211 Å². The molecule has 1 fully saturated rings. The Morgan fingerprint density at radius 1 is 0.778 bits per heavy atom. The first kappa shape index (κ1) is 22.1. The Balaban J connectivity index is 1.54. The van der Waals surface area contributed by atoms with E-state index in [1.54, 1.807) is 6.08 Å². The second-order valence-electron chi connectivity index (χ2n) is 9.08. The van der Waals surface area contributed by atoms with Crippen LogP contribution in [0, 0.1) is 0 Å². The average molecular weight is 470 g/mol. The van der Waals surface area contributed by atoms with E-state index < -0.39 is 5.54 Å². The van der Waals surface area contributed by atoms with Crippen LogP contribution < -0.4 is 4.74 Å². The van der Waals surface area contributed by atoms with Gasteiger partial charge in [0, 0.05) is 17.8 Å². The van der Waals surface area contributed by atoms with E-state index in [9.17, 15) is 0 Å². The molecule has 0 unspecified atom stereocenters. The molecule has 0 aliphatic heterocycles. The second-order valence-corrected chi connectivity index (χ2v) is 9.08. The Bertz CT molecular complexity index is 1380. The second kappa shape index (κ2) is 9.31. The topological polar surface area (TPSA) is 39.9 Å². The molecule has 2 aromatic heterocycles. The monoisotopic (exact) mass is 469 g/mol. The van der Waals surface area contributed by atoms with Crippen LogP contribution in [0.15, 0.2) is 122 Å². The summed E-state index contributed by atoms with van der Waals surface area (Å²) in [6, 6.07) is 35.7. The third-order valence-corrected chi connectivity index (χ3v) is 6.72. The predicted octanol–water partition coefficient (Wildman–Crippen LogP) is 6.97. The van der Waals surface area contributed by atoms with Gasteiger partial charge >= 0.3 is 0 Å². The number of hydrogen-bond donors (Lipinski definition) is 0. The molecule has 1 saturated carbocycles. The lowest BCUT2D eigenvalue weighted by atomic mass is 9.77. The highest BCUT2D eigenvalue weighted by molar-refractivity contribution is 5.70. The molecule has 0 atom stereocenters. The van der Waals surface area contributed by atoms with Crippen molar-refractivity contribution >= 4 is 6.08 Å². The molecule has 0 saturated heterocycles.